The largest absolute Gasteiger partial charge is 0.206 e. The summed E-state index contributed by atoms with van der Waals surface area (Å²) in [6.45, 7) is 3.99. The number of halogens is 2. The Morgan fingerprint density at radius 3 is 2.38 bits per heavy atom. The van der Waals surface area contributed by atoms with Gasteiger partial charge in [-0.1, -0.05) is 49.3 Å². The highest BCUT2D eigenvalue weighted by atomic mass is 19.1. The van der Waals surface area contributed by atoms with Gasteiger partial charge in [0.25, 0.3) is 0 Å². The Bertz CT molecular complexity index is 902. The molecule has 0 aromatic heterocycles. The van der Waals surface area contributed by atoms with Crippen molar-refractivity contribution in [3.05, 3.63) is 70.3 Å². The Kier molecular flexibility index (Phi) is 4.89. The highest BCUT2D eigenvalue weighted by Gasteiger charge is 2.23. The van der Waals surface area contributed by atoms with Crippen molar-refractivity contribution in [1.29, 1.82) is 0 Å². The van der Waals surface area contributed by atoms with E-state index >= 15 is 0 Å². The van der Waals surface area contributed by atoms with Crippen molar-refractivity contribution in [3.63, 3.8) is 0 Å². The van der Waals surface area contributed by atoms with Crippen molar-refractivity contribution >= 4 is 0 Å². The van der Waals surface area contributed by atoms with E-state index in [0.717, 1.165) is 30.5 Å². The van der Waals surface area contributed by atoms with E-state index in [4.69, 9.17) is 4.11 Å². The van der Waals surface area contributed by atoms with Crippen molar-refractivity contribution in [3.8, 4) is 11.8 Å². The van der Waals surface area contributed by atoms with E-state index in [1.807, 2.05) is 26.0 Å². The van der Waals surface area contributed by atoms with Crippen LogP contribution in [0.3, 0.4) is 0 Å². The molecule has 1 saturated carbocycles. The predicted octanol–water partition coefficient (Wildman–Crippen LogP) is 6.75. The predicted molar refractivity (Wildman–Crippen MR) is 103 cm³/mol. The van der Waals surface area contributed by atoms with Crippen molar-refractivity contribution < 1.29 is 12.9 Å². The first-order valence-electron chi connectivity index (χ1n) is 10.8. The lowest BCUT2D eigenvalue weighted by Gasteiger charge is -2.28. The second kappa shape index (κ2) is 8.49. The summed E-state index contributed by atoms with van der Waals surface area (Å²) < 4.78 is 54.7. The molecule has 0 N–H and O–H groups in total. The van der Waals surface area contributed by atoms with E-state index in [-0.39, 0.29) is 17.0 Å². The van der Waals surface area contributed by atoms with Crippen LogP contribution < -0.4 is 0 Å². The van der Waals surface area contributed by atoms with Crippen LogP contribution in [-0.2, 0) is 0 Å². The average Bonchev–Trinajstić information content (AvgIpc) is 2.61. The first kappa shape index (κ1) is 15.0. The van der Waals surface area contributed by atoms with Gasteiger partial charge in [-0.25, -0.2) is 8.78 Å². The summed E-state index contributed by atoms with van der Waals surface area (Å²) >= 11 is 0. The number of hydrogen-bond donors (Lipinski definition) is 0. The maximum Gasteiger partial charge on any atom is 0.142 e. The van der Waals surface area contributed by atoms with Crippen LogP contribution in [0, 0.1) is 36.3 Å². The van der Waals surface area contributed by atoms with Gasteiger partial charge in [-0.05, 0) is 74.2 Å². The van der Waals surface area contributed by atoms with Gasteiger partial charge in [-0.3, -0.25) is 0 Å². The van der Waals surface area contributed by atoms with Crippen molar-refractivity contribution in [2.24, 2.45) is 5.92 Å². The van der Waals surface area contributed by atoms with Crippen LogP contribution >= 0.6 is 0 Å². The normalized spacial score (nSPS) is 26.2. The molecule has 1 aliphatic carbocycles. The molecule has 0 spiro atoms. The molecule has 2 heteroatoms. The van der Waals surface area contributed by atoms with Crippen LogP contribution in [0.15, 0.2) is 36.4 Å². The topological polar surface area (TPSA) is 0 Å². The SMILES string of the molecule is [2H]C1CC(CCC)CC([2H])([2H])C1c1cc(F)c(C#Cc2ccc(C)cc2)c(F)c1. The zero-order valence-electron chi connectivity index (χ0n) is 18.3. The van der Waals surface area contributed by atoms with Gasteiger partial charge in [0.1, 0.15) is 11.6 Å². The molecule has 0 radical (unpaired) electrons. The van der Waals surface area contributed by atoms with Gasteiger partial charge in [0.2, 0.25) is 0 Å². The van der Waals surface area contributed by atoms with E-state index < -0.39 is 30.3 Å². The van der Waals surface area contributed by atoms with Crippen LogP contribution in [0.1, 0.15) is 77.7 Å². The van der Waals surface area contributed by atoms with Crippen LogP contribution in [0.4, 0.5) is 8.78 Å². The summed E-state index contributed by atoms with van der Waals surface area (Å²) in [5.41, 5.74) is 1.62. The van der Waals surface area contributed by atoms with E-state index in [0.29, 0.717) is 18.4 Å². The summed E-state index contributed by atoms with van der Waals surface area (Å²) in [4.78, 5) is 0. The van der Waals surface area contributed by atoms with Crippen molar-refractivity contribution in [2.45, 2.75) is 58.2 Å². The van der Waals surface area contributed by atoms with Crippen LogP contribution in [0.5, 0.6) is 0 Å². The first-order chi connectivity index (χ1) is 13.7. The molecule has 2 aromatic carbocycles. The number of hydrogen-bond acceptors (Lipinski definition) is 0. The fraction of sp³-hybridized carbons (Fsp3) is 0.417. The van der Waals surface area contributed by atoms with Gasteiger partial charge < -0.3 is 0 Å². The Balaban J connectivity index is 1.90. The maximum atomic E-state index is 14.7. The fourth-order valence-electron chi connectivity index (χ4n) is 3.33. The molecule has 0 nitrogen and oxygen atoms in total. The summed E-state index contributed by atoms with van der Waals surface area (Å²) in [7, 11) is 0. The number of rotatable bonds is 3. The number of aryl methyl sites for hydroxylation is 1. The Morgan fingerprint density at radius 2 is 1.77 bits per heavy atom. The summed E-state index contributed by atoms with van der Waals surface area (Å²) in [5, 5.41) is 0. The smallest absolute Gasteiger partial charge is 0.142 e. The van der Waals surface area contributed by atoms with E-state index in [9.17, 15) is 8.78 Å². The highest BCUT2D eigenvalue weighted by molar-refractivity contribution is 5.45. The van der Waals surface area contributed by atoms with Gasteiger partial charge >= 0.3 is 0 Å². The zero-order valence-corrected chi connectivity index (χ0v) is 15.3. The minimum Gasteiger partial charge on any atom is -0.206 e. The molecular formula is C24H26F2. The van der Waals surface area contributed by atoms with Gasteiger partial charge in [0, 0.05) is 9.68 Å². The molecular weight excluding hydrogens is 326 g/mol. The van der Waals surface area contributed by atoms with Crippen molar-refractivity contribution in [2.75, 3.05) is 0 Å². The second-order valence-electron chi connectivity index (χ2n) is 6.99. The molecule has 136 valence electrons. The quantitative estimate of drug-likeness (QED) is 0.534. The molecule has 3 atom stereocenters. The highest BCUT2D eigenvalue weighted by Crippen LogP contribution is 2.38. The van der Waals surface area contributed by atoms with Crippen LogP contribution in [0.2, 0.25) is 0 Å². The monoisotopic (exact) mass is 355 g/mol. The second-order valence-corrected chi connectivity index (χ2v) is 6.99. The van der Waals surface area contributed by atoms with Gasteiger partial charge in [-0.2, -0.15) is 0 Å². The van der Waals surface area contributed by atoms with Gasteiger partial charge in [0.05, 0.1) is 5.56 Å². The summed E-state index contributed by atoms with van der Waals surface area (Å²) in [6, 6.07) is 9.66. The average molecular weight is 355 g/mol. The molecule has 0 aliphatic heterocycles. The zero-order chi connectivity index (χ0) is 21.2. The molecule has 2 aromatic rings. The van der Waals surface area contributed by atoms with Gasteiger partial charge in [0.15, 0.2) is 0 Å². The van der Waals surface area contributed by atoms with Crippen LogP contribution in [-0.4, -0.2) is 0 Å². The molecule has 0 saturated heterocycles. The molecule has 0 bridgehead atoms. The number of benzene rings is 2. The molecule has 3 unspecified atom stereocenters. The maximum absolute atomic E-state index is 14.7. The standard InChI is InChI=1S/C24H26F2/c1-3-4-18-9-12-20(13-10-18)21-15-23(25)22(24(26)16-21)14-11-19-7-5-17(2)6-8-19/h5-8,15-16,18,20H,3-4,9-10,12-13H2,1-2H3/i12D,13D2. The molecule has 0 heterocycles. The molecule has 3 rings (SSSR count). The lowest BCUT2D eigenvalue weighted by molar-refractivity contribution is 0.307. The molecule has 26 heavy (non-hydrogen) atoms. The first-order valence-corrected chi connectivity index (χ1v) is 9.21. The Labute approximate surface area is 159 Å². The fourth-order valence-corrected chi connectivity index (χ4v) is 3.33. The molecule has 1 aliphatic rings. The lowest BCUT2D eigenvalue weighted by Crippen LogP contribution is -2.13. The minimum atomic E-state index is -1.67. The third-order valence-electron chi connectivity index (χ3n) is 4.84. The summed E-state index contributed by atoms with van der Waals surface area (Å²) in [6.07, 6.45) is 0.292. The van der Waals surface area contributed by atoms with Crippen molar-refractivity contribution in [1.82, 2.24) is 0 Å². The summed E-state index contributed by atoms with van der Waals surface area (Å²) in [5.74, 6) is 3.01. The van der Waals surface area contributed by atoms with Crippen LogP contribution in [0.25, 0.3) is 0 Å². The van der Waals surface area contributed by atoms with Gasteiger partial charge in [-0.15, -0.1) is 0 Å². The third kappa shape index (κ3) is 4.52. The Hall–Kier alpha value is -2.14. The molecule has 0 amide bonds. The van der Waals surface area contributed by atoms with E-state index in [1.54, 1.807) is 12.1 Å². The molecule has 1 fully saturated rings. The van der Waals surface area contributed by atoms with E-state index in [1.165, 1.54) is 0 Å². The third-order valence-corrected chi connectivity index (χ3v) is 4.84. The Morgan fingerprint density at radius 1 is 1.08 bits per heavy atom. The van der Waals surface area contributed by atoms with E-state index in [2.05, 4.69) is 11.8 Å². The lowest BCUT2D eigenvalue weighted by atomic mass is 9.77. The minimum absolute atomic E-state index is 0.142.